The summed E-state index contributed by atoms with van der Waals surface area (Å²) in [6.45, 7) is 3.01. The summed E-state index contributed by atoms with van der Waals surface area (Å²) >= 11 is 0. The smallest absolute Gasteiger partial charge is 0.226 e. The molecule has 0 spiro atoms. The van der Waals surface area contributed by atoms with Crippen LogP contribution in [0.2, 0.25) is 0 Å². The number of hydrogen-bond donors (Lipinski definition) is 1. The average molecular weight is 115 g/mol. The lowest BCUT2D eigenvalue weighted by Crippen LogP contribution is -2.26. The van der Waals surface area contributed by atoms with Gasteiger partial charge in [0.2, 0.25) is 11.8 Å². The van der Waals surface area contributed by atoms with Crippen molar-refractivity contribution < 1.29 is 9.59 Å². The second kappa shape index (κ2) is 3.18. The van der Waals surface area contributed by atoms with Gasteiger partial charge in [-0.3, -0.25) is 14.9 Å². The highest BCUT2D eigenvalue weighted by atomic mass is 16.2. The Morgan fingerprint density at radius 1 is 1.50 bits per heavy atom. The van der Waals surface area contributed by atoms with Crippen molar-refractivity contribution >= 4 is 11.8 Å². The van der Waals surface area contributed by atoms with Crippen molar-refractivity contribution in [2.75, 3.05) is 0 Å². The van der Waals surface area contributed by atoms with Crippen molar-refractivity contribution in [1.29, 1.82) is 0 Å². The van der Waals surface area contributed by atoms with Crippen LogP contribution in [0.1, 0.15) is 20.3 Å². The molecule has 0 aromatic heterocycles. The van der Waals surface area contributed by atoms with E-state index in [0.717, 1.165) is 0 Å². The third-order valence-electron chi connectivity index (χ3n) is 0.637. The van der Waals surface area contributed by atoms with Crippen LogP contribution in [-0.4, -0.2) is 11.8 Å². The number of rotatable bonds is 1. The summed E-state index contributed by atoms with van der Waals surface area (Å²) in [5.74, 6) is -0.519. The molecule has 3 heteroatoms. The van der Waals surface area contributed by atoms with Gasteiger partial charge in [-0.15, -0.1) is 0 Å². The van der Waals surface area contributed by atoms with Crippen LogP contribution >= 0.6 is 0 Å². The zero-order valence-corrected chi connectivity index (χ0v) is 5.02. The summed E-state index contributed by atoms with van der Waals surface area (Å²) in [4.78, 5) is 20.4. The summed E-state index contributed by atoms with van der Waals surface area (Å²) in [6.07, 6.45) is 0.361. The highest BCUT2D eigenvalue weighted by Crippen LogP contribution is 1.72. The van der Waals surface area contributed by atoms with Crippen LogP contribution in [0.4, 0.5) is 0 Å². The molecule has 0 saturated carbocycles. The van der Waals surface area contributed by atoms with Crippen molar-refractivity contribution in [3.05, 3.63) is 0 Å². The number of imide groups is 1. The van der Waals surface area contributed by atoms with Gasteiger partial charge in [-0.05, 0) is 0 Å². The van der Waals surface area contributed by atoms with E-state index >= 15 is 0 Å². The lowest BCUT2D eigenvalue weighted by molar-refractivity contribution is -0.129. The fourth-order valence-corrected chi connectivity index (χ4v) is 0.285. The molecule has 2 amide bonds. The molecule has 0 rings (SSSR count). The second-order valence-corrected chi connectivity index (χ2v) is 1.46. The lowest BCUT2D eigenvalue weighted by Gasteiger charge is -1.92. The Morgan fingerprint density at radius 3 is 2.12 bits per heavy atom. The molecular formula is C5H9NO2. The van der Waals surface area contributed by atoms with Crippen LogP contribution in [0.3, 0.4) is 0 Å². The Bertz CT molecular complexity index is 109. The number of carbonyl (C=O) groups is 2. The van der Waals surface area contributed by atoms with Crippen LogP contribution in [0.25, 0.3) is 0 Å². The lowest BCUT2D eigenvalue weighted by atomic mass is 10.4. The highest BCUT2D eigenvalue weighted by Gasteiger charge is 1.96. The second-order valence-electron chi connectivity index (χ2n) is 1.46. The van der Waals surface area contributed by atoms with E-state index in [1.807, 2.05) is 0 Å². The summed E-state index contributed by atoms with van der Waals surface area (Å²) in [7, 11) is 0. The van der Waals surface area contributed by atoms with Gasteiger partial charge < -0.3 is 0 Å². The first-order valence-corrected chi connectivity index (χ1v) is 2.47. The summed E-state index contributed by atoms with van der Waals surface area (Å²) < 4.78 is 0. The minimum Gasteiger partial charge on any atom is -0.297 e. The fourth-order valence-electron chi connectivity index (χ4n) is 0.285. The van der Waals surface area contributed by atoms with Crippen LogP contribution in [0.5, 0.6) is 0 Å². The number of hydrogen-bond acceptors (Lipinski definition) is 2. The molecule has 0 heterocycles. The van der Waals surface area contributed by atoms with Crippen LogP contribution in [0, 0.1) is 0 Å². The highest BCUT2D eigenvalue weighted by molar-refractivity contribution is 5.93. The van der Waals surface area contributed by atoms with Crippen molar-refractivity contribution in [2.24, 2.45) is 0 Å². The number of carbonyl (C=O) groups excluding carboxylic acids is 2. The first kappa shape index (κ1) is 7.14. The molecule has 0 aliphatic heterocycles. The molecule has 1 N–H and O–H groups in total. The molecular weight excluding hydrogens is 106 g/mol. The standard InChI is InChI=1S/C5H9NO2/c1-3-5(8)6-4(2)7/h3H2,1-2H3,(H,6,7,8). The molecule has 0 saturated heterocycles. The molecule has 0 aromatic carbocycles. The minimum atomic E-state index is -0.295. The van der Waals surface area contributed by atoms with E-state index in [4.69, 9.17) is 0 Å². The molecule has 0 aliphatic carbocycles. The van der Waals surface area contributed by atoms with E-state index in [-0.39, 0.29) is 11.8 Å². The maximum absolute atomic E-state index is 10.3. The molecule has 0 aromatic rings. The molecule has 0 aliphatic rings. The number of amides is 2. The Kier molecular flexibility index (Phi) is 2.84. The maximum atomic E-state index is 10.3. The Balaban J connectivity index is 3.40. The Hall–Kier alpha value is -0.860. The van der Waals surface area contributed by atoms with Crippen LogP contribution in [0.15, 0.2) is 0 Å². The van der Waals surface area contributed by atoms with Gasteiger partial charge in [-0.1, -0.05) is 6.92 Å². The third-order valence-corrected chi connectivity index (χ3v) is 0.637. The van der Waals surface area contributed by atoms with Crippen molar-refractivity contribution in [2.45, 2.75) is 20.3 Å². The SMILES string of the molecule is CCC(=O)NC(C)=O. The number of nitrogens with one attached hydrogen (secondary N) is 1. The first-order chi connectivity index (χ1) is 3.66. The van der Waals surface area contributed by atoms with Gasteiger partial charge in [0, 0.05) is 13.3 Å². The minimum absolute atomic E-state index is 0.225. The van der Waals surface area contributed by atoms with E-state index in [2.05, 4.69) is 5.32 Å². The van der Waals surface area contributed by atoms with Gasteiger partial charge in [0.25, 0.3) is 0 Å². The van der Waals surface area contributed by atoms with Crippen LogP contribution in [-0.2, 0) is 9.59 Å². The van der Waals surface area contributed by atoms with E-state index in [0.29, 0.717) is 6.42 Å². The predicted molar refractivity (Wildman–Crippen MR) is 29.1 cm³/mol. The van der Waals surface area contributed by atoms with Crippen molar-refractivity contribution in [3.63, 3.8) is 0 Å². The predicted octanol–water partition coefficient (Wildman–Crippen LogP) is 0.0591. The average Bonchev–Trinajstić information content (AvgIpc) is 1.65. The van der Waals surface area contributed by atoms with E-state index < -0.39 is 0 Å². The zero-order valence-electron chi connectivity index (χ0n) is 5.02. The molecule has 8 heavy (non-hydrogen) atoms. The van der Waals surface area contributed by atoms with Gasteiger partial charge in [-0.2, -0.15) is 0 Å². The normalized spacial score (nSPS) is 8.25. The summed E-state index contributed by atoms with van der Waals surface area (Å²) in [5, 5.41) is 2.11. The monoisotopic (exact) mass is 115 g/mol. The van der Waals surface area contributed by atoms with E-state index in [1.165, 1.54) is 6.92 Å². The summed E-state index contributed by atoms with van der Waals surface area (Å²) in [5.41, 5.74) is 0. The first-order valence-electron chi connectivity index (χ1n) is 2.47. The maximum Gasteiger partial charge on any atom is 0.226 e. The molecule has 0 fully saturated rings. The van der Waals surface area contributed by atoms with Gasteiger partial charge in [0.1, 0.15) is 0 Å². The van der Waals surface area contributed by atoms with Gasteiger partial charge >= 0.3 is 0 Å². The summed E-state index contributed by atoms with van der Waals surface area (Å²) in [6, 6.07) is 0. The van der Waals surface area contributed by atoms with E-state index in [9.17, 15) is 9.59 Å². The molecule has 46 valence electrons. The van der Waals surface area contributed by atoms with Crippen LogP contribution < -0.4 is 5.32 Å². The third kappa shape index (κ3) is 3.33. The van der Waals surface area contributed by atoms with Gasteiger partial charge in [-0.25, -0.2) is 0 Å². The molecule has 0 bridgehead atoms. The Morgan fingerprint density at radius 2 is 2.00 bits per heavy atom. The van der Waals surface area contributed by atoms with E-state index in [1.54, 1.807) is 6.92 Å². The molecule has 0 radical (unpaired) electrons. The Labute approximate surface area is 48.1 Å². The van der Waals surface area contributed by atoms with Crippen molar-refractivity contribution in [3.8, 4) is 0 Å². The van der Waals surface area contributed by atoms with Gasteiger partial charge in [0.05, 0.1) is 0 Å². The van der Waals surface area contributed by atoms with Gasteiger partial charge in [0.15, 0.2) is 0 Å². The quantitative estimate of drug-likeness (QED) is 0.525. The zero-order chi connectivity index (χ0) is 6.57. The molecule has 3 nitrogen and oxygen atoms in total. The largest absolute Gasteiger partial charge is 0.297 e. The topological polar surface area (TPSA) is 46.2 Å². The molecule has 0 atom stereocenters. The molecule has 0 unspecified atom stereocenters. The fraction of sp³-hybridized carbons (Fsp3) is 0.600. The van der Waals surface area contributed by atoms with Crippen molar-refractivity contribution in [1.82, 2.24) is 5.32 Å².